The van der Waals surface area contributed by atoms with Crippen LogP contribution in [0.5, 0.6) is 0 Å². The van der Waals surface area contributed by atoms with Crippen LogP contribution >= 0.6 is 0 Å². The molecule has 0 bridgehead atoms. The highest BCUT2D eigenvalue weighted by molar-refractivity contribution is 7.90. The van der Waals surface area contributed by atoms with Gasteiger partial charge in [-0.25, -0.2) is 14.3 Å². The zero-order valence-electron chi connectivity index (χ0n) is 13.2. The van der Waals surface area contributed by atoms with Crippen LogP contribution in [0.1, 0.15) is 16.7 Å². The van der Waals surface area contributed by atoms with Crippen molar-refractivity contribution in [3.05, 3.63) is 75.4 Å². The average molecular weight is 362 g/mol. The van der Waals surface area contributed by atoms with Crippen molar-refractivity contribution in [3.63, 3.8) is 0 Å². The molecule has 130 valence electrons. The second kappa shape index (κ2) is 6.30. The van der Waals surface area contributed by atoms with Gasteiger partial charge in [0.1, 0.15) is 11.4 Å². The number of aryl methyl sites for hydroxylation is 1. The Balaban J connectivity index is 2.07. The topological polar surface area (TPSA) is 102 Å². The van der Waals surface area contributed by atoms with Crippen molar-refractivity contribution in [1.82, 2.24) is 0 Å². The van der Waals surface area contributed by atoms with Gasteiger partial charge in [0, 0.05) is 17.4 Å². The van der Waals surface area contributed by atoms with Crippen LogP contribution in [0.15, 0.2) is 51.7 Å². The molecule has 0 saturated carbocycles. The van der Waals surface area contributed by atoms with Crippen LogP contribution in [0.25, 0.3) is 11.0 Å². The summed E-state index contributed by atoms with van der Waals surface area (Å²) < 4.78 is 43.7. The maximum absolute atomic E-state index is 14.1. The fraction of sp³-hybridized carbons (Fsp3) is 0.118. The summed E-state index contributed by atoms with van der Waals surface area (Å²) in [5, 5.41) is 5.68. The summed E-state index contributed by atoms with van der Waals surface area (Å²) in [5.41, 5.74) is 1.17. The number of hydrogen-bond donors (Lipinski definition) is 2. The van der Waals surface area contributed by atoms with E-state index in [1.165, 1.54) is 12.1 Å². The molecule has 1 heterocycles. The molecule has 6 nitrogen and oxygen atoms in total. The zero-order chi connectivity index (χ0) is 18.2. The smallest absolute Gasteiger partial charge is 0.340 e. The summed E-state index contributed by atoms with van der Waals surface area (Å²) in [6.45, 7) is 1.76. The lowest BCUT2D eigenvalue weighted by molar-refractivity contribution is 0.549. The predicted molar refractivity (Wildman–Crippen MR) is 93.2 cm³/mol. The molecule has 1 aromatic heterocycles. The number of rotatable bonds is 4. The third-order valence-corrected chi connectivity index (χ3v) is 4.39. The minimum Gasteiger partial charge on any atom is -0.423 e. The lowest BCUT2D eigenvalue weighted by atomic mass is 9.99. The van der Waals surface area contributed by atoms with Gasteiger partial charge in [0.05, 0.1) is 5.69 Å². The predicted octanol–water partition coefficient (Wildman–Crippen LogP) is 2.45. The minimum atomic E-state index is -3.98. The van der Waals surface area contributed by atoms with Gasteiger partial charge in [-0.1, -0.05) is 18.2 Å². The lowest BCUT2D eigenvalue weighted by Gasteiger charge is -2.10. The van der Waals surface area contributed by atoms with Crippen molar-refractivity contribution in [2.24, 2.45) is 5.14 Å². The summed E-state index contributed by atoms with van der Waals surface area (Å²) >= 11 is 0. The molecule has 0 fully saturated rings. The maximum atomic E-state index is 14.1. The lowest BCUT2D eigenvalue weighted by Crippen LogP contribution is -2.21. The molecule has 0 amide bonds. The van der Waals surface area contributed by atoms with Crippen LogP contribution < -0.4 is 15.5 Å². The van der Waals surface area contributed by atoms with Gasteiger partial charge in [-0.15, -0.1) is 0 Å². The monoisotopic (exact) mass is 362 g/mol. The van der Waals surface area contributed by atoms with E-state index in [2.05, 4.69) is 4.72 Å². The SMILES string of the molecule is Cc1c(Cc2cc(NS(N)(=O)=O)ccc2F)c(=O)oc2ccccc12. The molecule has 0 spiro atoms. The van der Waals surface area contributed by atoms with Crippen LogP contribution in [0.4, 0.5) is 10.1 Å². The maximum Gasteiger partial charge on any atom is 0.340 e. The van der Waals surface area contributed by atoms with E-state index in [4.69, 9.17) is 9.56 Å². The van der Waals surface area contributed by atoms with Gasteiger partial charge >= 0.3 is 5.63 Å². The Hall–Kier alpha value is -2.71. The fourth-order valence-electron chi connectivity index (χ4n) is 2.68. The van der Waals surface area contributed by atoms with E-state index in [1.54, 1.807) is 19.1 Å². The Labute approximate surface area is 143 Å². The van der Waals surface area contributed by atoms with Gasteiger partial charge in [0.2, 0.25) is 0 Å². The van der Waals surface area contributed by atoms with Crippen LogP contribution in [0.3, 0.4) is 0 Å². The first-order chi connectivity index (χ1) is 11.7. The highest BCUT2D eigenvalue weighted by atomic mass is 32.2. The fourth-order valence-corrected chi connectivity index (χ4v) is 3.13. The van der Waals surface area contributed by atoms with Gasteiger partial charge in [0.25, 0.3) is 10.2 Å². The summed E-state index contributed by atoms with van der Waals surface area (Å²) in [7, 11) is -3.98. The van der Waals surface area contributed by atoms with E-state index in [-0.39, 0.29) is 17.7 Å². The van der Waals surface area contributed by atoms with Gasteiger partial charge in [-0.2, -0.15) is 8.42 Å². The van der Waals surface area contributed by atoms with E-state index in [9.17, 15) is 17.6 Å². The molecule has 3 rings (SSSR count). The normalized spacial score (nSPS) is 11.6. The molecule has 8 heteroatoms. The first-order valence-electron chi connectivity index (χ1n) is 7.35. The largest absolute Gasteiger partial charge is 0.423 e. The third kappa shape index (κ3) is 3.70. The Morgan fingerprint density at radius 2 is 1.92 bits per heavy atom. The third-order valence-electron chi connectivity index (χ3n) is 3.87. The van der Waals surface area contributed by atoms with Crippen LogP contribution in [0, 0.1) is 12.7 Å². The van der Waals surface area contributed by atoms with Crippen molar-refractivity contribution in [2.45, 2.75) is 13.3 Å². The number of para-hydroxylation sites is 1. The van der Waals surface area contributed by atoms with E-state index in [0.29, 0.717) is 16.7 Å². The molecular weight excluding hydrogens is 347 g/mol. The number of benzene rings is 2. The second-order valence-corrected chi connectivity index (χ2v) is 6.91. The molecule has 0 atom stereocenters. The molecule has 0 radical (unpaired) electrons. The zero-order valence-corrected chi connectivity index (χ0v) is 14.1. The van der Waals surface area contributed by atoms with E-state index in [1.807, 2.05) is 12.1 Å². The number of halogens is 1. The Morgan fingerprint density at radius 3 is 2.64 bits per heavy atom. The van der Waals surface area contributed by atoms with Gasteiger partial charge in [-0.05, 0) is 42.3 Å². The average Bonchev–Trinajstić information content (AvgIpc) is 2.53. The van der Waals surface area contributed by atoms with Crippen LogP contribution in [-0.4, -0.2) is 8.42 Å². The van der Waals surface area contributed by atoms with Crippen LogP contribution in [0.2, 0.25) is 0 Å². The molecule has 0 aliphatic heterocycles. The highest BCUT2D eigenvalue weighted by Gasteiger charge is 2.15. The quantitative estimate of drug-likeness (QED) is 0.696. The van der Waals surface area contributed by atoms with E-state index in [0.717, 1.165) is 11.5 Å². The Morgan fingerprint density at radius 1 is 1.20 bits per heavy atom. The van der Waals surface area contributed by atoms with Gasteiger partial charge < -0.3 is 4.42 Å². The van der Waals surface area contributed by atoms with Crippen molar-refractivity contribution in [3.8, 4) is 0 Å². The van der Waals surface area contributed by atoms with Gasteiger partial charge in [-0.3, -0.25) is 4.72 Å². The standard InChI is InChI=1S/C17H15FN2O4S/c1-10-13-4-2-3-5-16(13)24-17(21)14(10)9-11-8-12(6-7-15(11)18)20-25(19,22)23/h2-8,20H,9H2,1H3,(H2,19,22,23). The first-order valence-corrected chi connectivity index (χ1v) is 8.89. The summed E-state index contributed by atoms with van der Waals surface area (Å²) in [4.78, 5) is 12.3. The minimum absolute atomic E-state index is 0.0367. The second-order valence-electron chi connectivity index (χ2n) is 5.62. The Kier molecular flexibility index (Phi) is 4.32. The Bertz CT molecular complexity index is 1120. The number of nitrogens with one attached hydrogen (secondary N) is 1. The number of nitrogens with two attached hydrogens (primary N) is 1. The molecule has 3 N–H and O–H groups in total. The number of anilines is 1. The van der Waals surface area contributed by atoms with Gasteiger partial charge in [0.15, 0.2) is 0 Å². The molecule has 0 aliphatic rings. The number of hydrogen-bond acceptors (Lipinski definition) is 4. The molecular formula is C17H15FN2O4S. The number of fused-ring (bicyclic) bond motifs is 1. The molecule has 0 aliphatic carbocycles. The highest BCUT2D eigenvalue weighted by Crippen LogP contribution is 2.23. The van der Waals surface area contributed by atoms with E-state index < -0.39 is 21.7 Å². The molecule has 2 aromatic carbocycles. The summed E-state index contributed by atoms with van der Waals surface area (Å²) in [6.07, 6.45) is -0.0367. The van der Waals surface area contributed by atoms with Crippen molar-refractivity contribution >= 4 is 26.9 Å². The molecule has 0 saturated heterocycles. The summed E-state index contributed by atoms with van der Waals surface area (Å²) in [5.74, 6) is -0.563. The van der Waals surface area contributed by atoms with E-state index >= 15 is 0 Å². The van der Waals surface area contributed by atoms with Crippen molar-refractivity contribution in [1.29, 1.82) is 0 Å². The molecule has 0 unspecified atom stereocenters. The molecule has 3 aromatic rings. The van der Waals surface area contributed by atoms with Crippen molar-refractivity contribution in [2.75, 3.05) is 4.72 Å². The first kappa shape index (κ1) is 17.1. The van der Waals surface area contributed by atoms with Crippen LogP contribution in [-0.2, 0) is 16.6 Å². The summed E-state index contributed by atoms with van der Waals surface area (Å²) in [6, 6.07) is 10.7. The van der Waals surface area contributed by atoms with Crippen molar-refractivity contribution < 1.29 is 17.2 Å². The molecule has 25 heavy (non-hydrogen) atoms.